The third-order valence-electron chi connectivity index (χ3n) is 2.06. The normalized spacial score (nSPS) is 10.8. The Morgan fingerprint density at radius 2 is 2.33 bits per heavy atom. The monoisotopic (exact) mass is 209 g/mol. The summed E-state index contributed by atoms with van der Waals surface area (Å²) in [6, 6.07) is 0. The van der Waals surface area contributed by atoms with Crippen molar-refractivity contribution >= 4 is 17.1 Å². The lowest BCUT2D eigenvalue weighted by Gasteiger charge is -2.05. The molecular formula is C8H11N5O2. The van der Waals surface area contributed by atoms with E-state index in [0.717, 1.165) is 0 Å². The standard InChI is InChI=1S/C8H11N5O2/c1-3-15-13-4-10-6-5(13)7(14)12(2)8(9)11-6/h4H,3H2,1-2H3,(H2,9,11). The van der Waals surface area contributed by atoms with Gasteiger partial charge in [-0.2, -0.15) is 9.71 Å². The minimum Gasteiger partial charge on any atom is -0.412 e. The van der Waals surface area contributed by atoms with Gasteiger partial charge in [-0.05, 0) is 6.92 Å². The highest BCUT2D eigenvalue weighted by Gasteiger charge is 2.12. The summed E-state index contributed by atoms with van der Waals surface area (Å²) in [6.45, 7) is 2.26. The maximum atomic E-state index is 11.8. The molecule has 0 aromatic carbocycles. The molecule has 0 aliphatic heterocycles. The highest BCUT2D eigenvalue weighted by atomic mass is 16.7. The molecule has 0 amide bonds. The molecule has 2 heterocycles. The second-order valence-corrected chi connectivity index (χ2v) is 2.99. The Bertz CT molecular complexity index is 556. The Morgan fingerprint density at radius 1 is 1.60 bits per heavy atom. The predicted octanol–water partition coefficient (Wildman–Crippen LogP) is -0.839. The molecule has 0 radical (unpaired) electrons. The first-order valence-electron chi connectivity index (χ1n) is 4.48. The van der Waals surface area contributed by atoms with Crippen molar-refractivity contribution in [3.05, 3.63) is 16.7 Å². The van der Waals surface area contributed by atoms with E-state index < -0.39 is 0 Å². The van der Waals surface area contributed by atoms with Gasteiger partial charge in [-0.3, -0.25) is 9.36 Å². The fraction of sp³-hybridized carbons (Fsp3) is 0.375. The van der Waals surface area contributed by atoms with Crippen LogP contribution >= 0.6 is 0 Å². The van der Waals surface area contributed by atoms with Crippen molar-refractivity contribution in [1.82, 2.24) is 19.3 Å². The first kappa shape index (κ1) is 9.50. The zero-order valence-corrected chi connectivity index (χ0v) is 8.47. The predicted molar refractivity (Wildman–Crippen MR) is 54.3 cm³/mol. The molecule has 2 rings (SSSR count). The Hall–Kier alpha value is -2.05. The first-order chi connectivity index (χ1) is 7.15. The van der Waals surface area contributed by atoms with E-state index in [0.29, 0.717) is 17.8 Å². The molecule has 0 fully saturated rings. The van der Waals surface area contributed by atoms with Gasteiger partial charge in [0.05, 0.1) is 0 Å². The van der Waals surface area contributed by atoms with Crippen LogP contribution in [0.4, 0.5) is 5.95 Å². The van der Waals surface area contributed by atoms with Crippen LogP contribution in [0.5, 0.6) is 0 Å². The molecule has 0 aliphatic carbocycles. The lowest BCUT2D eigenvalue weighted by atomic mass is 10.5. The Balaban J connectivity index is 2.80. The molecule has 80 valence electrons. The summed E-state index contributed by atoms with van der Waals surface area (Å²) in [4.78, 5) is 24.9. The molecule has 0 saturated carbocycles. The minimum atomic E-state index is -0.275. The van der Waals surface area contributed by atoms with Crippen molar-refractivity contribution < 1.29 is 4.84 Å². The summed E-state index contributed by atoms with van der Waals surface area (Å²) in [7, 11) is 1.55. The van der Waals surface area contributed by atoms with Crippen LogP contribution in [0.1, 0.15) is 6.92 Å². The van der Waals surface area contributed by atoms with Crippen LogP contribution in [0.15, 0.2) is 11.1 Å². The van der Waals surface area contributed by atoms with Crippen molar-refractivity contribution in [3.8, 4) is 0 Å². The fourth-order valence-electron chi connectivity index (χ4n) is 1.28. The molecule has 0 aliphatic rings. The molecule has 2 N–H and O–H groups in total. The van der Waals surface area contributed by atoms with Gasteiger partial charge in [-0.15, -0.1) is 0 Å². The van der Waals surface area contributed by atoms with Gasteiger partial charge in [-0.25, -0.2) is 4.98 Å². The number of aromatic nitrogens is 4. The maximum absolute atomic E-state index is 11.8. The van der Waals surface area contributed by atoms with E-state index in [-0.39, 0.29) is 11.5 Å². The van der Waals surface area contributed by atoms with Crippen LogP contribution in [0, 0.1) is 0 Å². The zero-order chi connectivity index (χ0) is 11.0. The van der Waals surface area contributed by atoms with Crippen LogP contribution in [0.3, 0.4) is 0 Å². The largest absolute Gasteiger partial charge is 0.412 e. The molecule has 2 aromatic rings. The Kier molecular flexibility index (Phi) is 2.07. The fourth-order valence-corrected chi connectivity index (χ4v) is 1.28. The van der Waals surface area contributed by atoms with Gasteiger partial charge >= 0.3 is 0 Å². The summed E-state index contributed by atoms with van der Waals surface area (Å²) in [5.41, 5.74) is 5.85. The quantitative estimate of drug-likeness (QED) is 0.696. The Labute approximate surface area is 85.1 Å². The number of anilines is 1. The van der Waals surface area contributed by atoms with E-state index in [1.807, 2.05) is 6.92 Å². The van der Waals surface area contributed by atoms with E-state index in [9.17, 15) is 4.79 Å². The van der Waals surface area contributed by atoms with Gasteiger partial charge < -0.3 is 10.6 Å². The van der Waals surface area contributed by atoms with Gasteiger partial charge in [0.2, 0.25) is 5.95 Å². The van der Waals surface area contributed by atoms with Crippen LogP contribution < -0.4 is 16.1 Å². The van der Waals surface area contributed by atoms with E-state index in [1.165, 1.54) is 15.6 Å². The van der Waals surface area contributed by atoms with Gasteiger partial charge in [0, 0.05) is 7.05 Å². The van der Waals surface area contributed by atoms with E-state index in [2.05, 4.69) is 9.97 Å². The number of nitrogens with zero attached hydrogens (tertiary/aromatic N) is 4. The number of nitrogens with two attached hydrogens (primary N) is 1. The first-order valence-corrected chi connectivity index (χ1v) is 4.48. The van der Waals surface area contributed by atoms with Crippen molar-refractivity contribution in [2.24, 2.45) is 7.05 Å². The van der Waals surface area contributed by atoms with Gasteiger partial charge in [0.1, 0.15) is 12.9 Å². The number of rotatable bonds is 2. The smallest absolute Gasteiger partial charge is 0.284 e. The molecule has 7 nitrogen and oxygen atoms in total. The van der Waals surface area contributed by atoms with Gasteiger partial charge in [0.15, 0.2) is 11.2 Å². The SMILES string of the molecule is CCOn1cnc2nc(N)n(C)c(=O)c21. The molecule has 7 heteroatoms. The lowest BCUT2D eigenvalue weighted by molar-refractivity contribution is 0.130. The number of imidazole rings is 1. The number of hydrogen-bond acceptors (Lipinski definition) is 5. The summed E-state index contributed by atoms with van der Waals surface area (Å²) in [6.07, 6.45) is 1.40. The number of hydrogen-bond donors (Lipinski definition) is 1. The highest BCUT2D eigenvalue weighted by Crippen LogP contribution is 2.05. The van der Waals surface area contributed by atoms with Crippen LogP contribution in [0.25, 0.3) is 11.2 Å². The van der Waals surface area contributed by atoms with Gasteiger partial charge in [-0.1, -0.05) is 0 Å². The third-order valence-corrected chi connectivity index (χ3v) is 2.06. The minimum absolute atomic E-state index is 0.134. The average molecular weight is 209 g/mol. The van der Waals surface area contributed by atoms with Crippen molar-refractivity contribution in [1.29, 1.82) is 0 Å². The molecule has 0 unspecified atom stereocenters. The maximum Gasteiger partial charge on any atom is 0.284 e. The molecule has 0 atom stereocenters. The van der Waals surface area contributed by atoms with E-state index >= 15 is 0 Å². The third kappa shape index (κ3) is 1.32. The van der Waals surface area contributed by atoms with Crippen molar-refractivity contribution in [2.45, 2.75) is 6.92 Å². The summed E-state index contributed by atoms with van der Waals surface area (Å²) >= 11 is 0. The van der Waals surface area contributed by atoms with Crippen molar-refractivity contribution in [2.75, 3.05) is 12.3 Å². The van der Waals surface area contributed by atoms with Gasteiger partial charge in [0.25, 0.3) is 5.56 Å². The second-order valence-electron chi connectivity index (χ2n) is 2.99. The lowest BCUT2D eigenvalue weighted by Crippen LogP contribution is -2.24. The van der Waals surface area contributed by atoms with E-state index in [4.69, 9.17) is 10.6 Å². The summed E-state index contributed by atoms with van der Waals surface area (Å²) < 4.78 is 2.56. The molecule has 0 spiro atoms. The molecule has 0 saturated heterocycles. The average Bonchev–Trinajstić information content (AvgIpc) is 2.59. The van der Waals surface area contributed by atoms with E-state index in [1.54, 1.807) is 7.05 Å². The summed E-state index contributed by atoms with van der Waals surface area (Å²) in [5.74, 6) is 0.134. The molecule has 15 heavy (non-hydrogen) atoms. The van der Waals surface area contributed by atoms with Crippen LogP contribution in [0.2, 0.25) is 0 Å². The highest BCUT2D eigenvalue weighted by molar-refractivity contribution is 5.70. The summed E-state index contributed by atoms with van der Waals surface area (Å²) in [5, 5.41) is 0. The molecule has 0 bridgehead atoms. The Morgan fingerprint density at radius 3 is 3.00 bits per heavy atom. The topological polar surface area (TPSA) is 88.0 Å². The molecule has 2 aromatic heterocycles. The van der Waals surface area contributed by atoms with Crippen LogP contribution in [-0.2, 0) is 7.05 Å². The number of fused-ring (bicyclic) bond motifs is 1. The molecular weight excluding hydrogens is 198 g/mol. The van der Waals surface area contributed by atoms with Crippen LogP contribution in [-0.4, -0.2) is 25.9 Å². The second kappa shape index (κ2) is 3.26. The van der Waals surface area contributed by atoms with Crippen molar-refractivity contribution in [3.63, 3.8) is 0 Å². The zero-order valence-electron chi connectivity index (χ0n) is 8.47. The number of nitrogen functional groups attached to an aromatic ring is 1.